The second-order valence-electron chi connectivity index (χ2n) is 5.68. The van der Waals surface area contributed by atoms with Gasteiger partial charge in [-0.25, -0.2) is 0 Å². The molecule has 0 aliphatic heterocycles. The van der Waals surface area contributed by atoms with Crippen LogP contribution in [0.3, 0.4) is 0 Å². The molecular formula is C20H26O. The van der Waals surface area contributed by atoms with Crippen LogP contribution in [0.2, 0.25) is 0 Å². The van der Waals surface area contributed by atoms with Gasteiger partial charge in [0.15, 0.2) is 0 Å². The highest BCUT2D eigenvalue weighted by atomic mass is 16.5. The number of hydrogen-bond acceptors (Lipinski definition) is 1. The molecule has 1 unspecified atom stereocenters. The van der Waals surface area contributed by atoms with Gasteiger partial charge in [-0.1, -0.05) is 88.6 Å². The van der Waals surface area contributed by atoms with Crippen LogP contribution in [0.1, 0.15) is 26.3 Å². The van der Waals surface area contributed by atoms with Crippen molar-refractivity contribution in [3.63, 3.8) is 0 Å². The third-order valence-electron chi connectivity index (χ3n) is 3.63. The van der Waals surface area contributed by atoms with Crippen molar-refractivity contribution in [1.29, 1.82) is 0 Å². The van der Waals surface area contributed by atoms with Gasteiger partial charge in [0.2, 0.25) is 0 Å². The first kappa shape index (κ1) is 17.0. The Morgan fingerprint density at radius 3 is 2.48 bits per heavy atom. The molecule has 0 fully saturated rings. The fraction of sp³-hybridized carbons (Fsp3) is 0.300. The van der Waals surface area contributed by atoms with Crippen molar-refractivity contribution < 1.29 is 4.74 Å². The van der Waals surface area contributed by atoms with Crippen LogP contribution in [0.5, 0.6) is 0 Å². The molecule has 0 aliphatic carbocycles. The van der Waals surface area contributed by atoms with Crippen molar-refractivity contribution in [2.24, 2.45) is 5.92 Å². The molecular weight excluding hydrogens is 256 g/mol. The minimum atomic E-state index is -0.0613. The molecule has 1 atom stereocenters. The van der Waals surface area contributed by atoms with Crippen LogP contribution in [0.15, 0.2) is 79.6 Å². The lowest BCUT2D eigenvalue weighted by molar-refractivity contribution is 0.224. The van der Waals surface area contributed by atoms with Crippen LogP contribution in [0.4, 0.5) is 0 Å². The Balaban J connectivity index is 2.86. The Hall–Kier alpha value is -2.02. The van der Waals surface area contributed by atoms with E-state index in [1.807, 2.05) is 12.1 Å². The molecule has 0 saturated heterocycles. The summed E-state index contributed by atoms with van der Waals surface area (Å²) in [6.45, 7) is 14.7. The Morgan fingerprint density at radius 1 is 1.24 bits per heavy atom. The van der Waals surface area contributed by atoms with Crippen LogP contribution < -0.4 is 0 Å². The quantitative estimate of drug-likeness (QED) is 0.456. The highest BCUT2D eigenvalue weighted by Gasteiger charge is 2.22. The van der Waals surface area contributed by atoms with Crippen molar-refractivity contribution in [3.8, 4) is 0 Å². The van der Waals surface area contributed by atoms with Crippen LogP contribution >= 0.6 is 0 Å². The third kappa shape index (κ3) is 5.11. The summed E-state index contributed by atoms with van der Waals surface area (Å²) in [6.07, 6.45) is 9.76. The Bertz CT molecular complexity index is 506. The average Bonchev–Trinajstić information content (AvgIpc) is 2.50. The smallest absolute Gasteiger partial charge is 0.0932 e. The number of hydrogen-bond donors (Lipinski definition) is 0. The van der Waals surface area contributed by atoms with Gasteiger partial charge in [-0.2, -0.15) is 0 Å². The molecule has 1 heteroatoms. The van der Waals surface area contributed by atoms with Gasteiger partial charge in [-0.3, -0.25) is 0 Å². The lowest BCUT2D eigenvalue weighted by Crippen LogP contribution is -2.19. The van der Waals surface area contributed by atoms with Crippen LogP contribution in [-0.2, 0) is 10.2 Å². The Kier molecular flexibility index (Phi) is 6.74. The van der Waals surface area contributed by atoms with Crippen molar-refractivity contribution in [2.45, 2.75) is 26.2 Å². The molecule has 0 spiro atoms. The predicted octanol–water partition coefficient (Wildman–Crippen LogP) is 5.43. The van der Waals surface area contributed by atoms with Crippen molar-refractivity contribution >= 4 is 0 Å². The van der Waals surface area contributed by atoms with E-state index in [4.69, 9.17) is 4.74 Å². The second-order valence-corrected chi connectivity index (χ2v) is 5.68. The van der Waals surface area contributed by atoms with E-state index in [1.54, 1.807) is 0 Å². The Morgan fingerprint density at radius 2 is 1.90 bits per heavy atom. The average molecular weight is 282 g/mol. The molecule has 1 rings (SSSR count). The molecule has 0 radical (unpaired) electrons. The largest absolute Gasteiger partial charge is 0.501 e. The summed E-state index contributed by atoms with van der Waals surface area (Å²) in [5.41, 5.74) is 2.42. The molecule has 112 valence electrons. The van der Waals surface area contributed by atoms with Crippen molar-refractivity contribution in [1.82, 2.24) is 0 Å². The van der Waals surface area contributed by atoms with Gasteiger partial charge in [0.1, 0.15) is 0 Å². The van der Waals surface area contributed by atoms with Gasteiger partial charge < -0.3 is 4.74 Å². The molecule has 1 aromatic carbocycles. The molecule has 0 N–H and O–H groups in total. The lowest BCUT2D eigenvalue weighted by atomic mass is 9.77. The zero-order valence-electron chi connectivity index (χ0n) is 13.4. The number of benzene rings is 1. The summed E-state index contributed by atoms with van der Waals surface area (Å²) in [5, 5.41) is 0. The predicted molar refractivity (Wildman–Crippen MR) is 92.2 cm³/mol. The maximum Gasteiger partial charge on any atom is 0.0932 e. The minimum Gasteiger partial charge on any atom is -0.501 e. The first-order chi connectivity index (χ1) is 10.0. The van der Waals surface area contributed by atoms with Crippen LogP contribution in [-0.4, -0.2) is 6.61 Å². The van der Waals surface area contributed by atoms with Gasteiger partial charge in [0.25, 0.3) is 0 Å². The van der Waals surface area contributed by atoms with Gasteiger partial charge >= 0.3 is 0 Å². The van der Waals surface area contributed by atoms with E-state index in [-0.39, 0.29) is 5.41 Å². The van der Waals surface area contributed by atoms with E-state index in [2.05, 4.69) is 76.4 Å². The highest BCUT2D eigenvalue weighted by molar-refractivity contribution is 5.40. The van der Waals surface area contributed by atoms with Crippen LogP contribution in [0.25, 0.3) is 0 Å². The summed E-state index contributed by atoms with van der Waals surface area (Å²) in [5.74, 6) is 0.352. The number of ether oxygens (including phenoxy) is 1. The topological polar surface area (TPSA) is 9.23 Å². The molecule has 0 aromatic heterocycles. The second kappa shape index (κ2) is 8.31. The van der Waals surface area contributed by atoms with Gasteiger partial charge in [-0.05, 0) is 11.1 Å². The van der Waals surface area contributed by atoms with Crippen molar-refractivity contribution in [3.05, 3.63) is 85.2 Å². The zero-order valence-corrected chi connectivity index (χ0v) is 13.4. The zero-order chi connectivity index (χ0) is 15.7. The molecule has 1 nitrogen and oxygen atoms in total. The summed E-state index contributed by atoms with van der Waals surface area (Å²) in [4.78, 5) is 0. The SMILES string of the molecule is C=COCC(C)/C=C\C=C(/C=C)C(C)(C)c1ccccc1. The summed E-state index contributed by atoms with van der Waals surface area (Å²) >= 11 is 0. The molecule has 21 heavy (non-hydrogen) atoms. The minimum absolute atomic E-state index is 0.0613. The normalized spacial score (nSPS) is 14.0. The van der Waals surface area contributed by atoms with E-state index < -0.39 is 0 Å². The Labute approximate surface area is 129 Å². The molecule has 0 saturated carbocycles. The van der Waals surface area contributed by atoms with E-state index in [0.29, 0.717) is 12.5 Å². The first-order valence-corrected chi connectivity index (χ1v) is 7.31. The summed E-state index contributed by atoms with van der Waals surface area (Å²) in [7, 11) is 0. The van der Waals surface area contributed by atoms with E-state index in [9.17, 15) is 0 Å². The summed E-state index contributed by atoms with van der Waals surface area (Å²) in [6, 6.07) is 10.5. The van der Waals surface area contributed by atoms with Gasteiger partial charge in [-0.15, -0.1) is 0 Å². The standard InChI is InChI=1S/C20H26O/c1-6-18(15-11-12-17(3)16-21-7-2)20(4,5)19-13-9-8-10-14-19/h6-15,17H,1-2,16H2,3-5H3/b12-11-,18-15+. The first-order valence-electron chi connectivity index (χ1n) is 7.31. The van der Waals surface area contributed by atoms with Gasteiger partial charge in [0.05, 0.1) is 12.9 Å². The summed E-state index contributed by atoms with van der Waals surface area (Å²) < 4.78 is 5.19. The molecule has 0 aliphatic rings. The highest BCUT2D eigenvalue weighted by Crippen LogP contribution is 2.31. The number of allylic oxidation sites excluding steroid dienone is 4. The fourth-order valence-corrected chi connectivity index (χ4v) is 2.18. The molecule has 0 heterocycles. The number of rotatable bonds is 8. The fourth-order valence-electron chi connectivity index (χ4n) is 2.18. The molecule has 0 amide bonds. The van der Waals surface area contributed by atoms with Gasteiger partial charge in [0, 0.05) is 11.3 Å². The molecule has 0 bridgehead atoms. The van der Waals surface area contributed by atoms with Crippen LogP contribution in [0, 0.1) is 5.92 Å². The van der Waals surface area contributed by atoms with Crippen molar-refractivity contribution in [2.75, 3.05) is 6.61 Å². The lowest BCUT2D eigenvalue weighted by Gasteiger charge is -2.27. The van der Waals surface area contributed by atoms with E-state index in [1.165, 1.54) is 17.4 Å². The molecule has 1 aromatic rings. The third-order valence-corrected chi connectivity index (χ3v) is 3.63. The monoisotopic (exact) mass is 282 g/mol. The maximum absolute atomic E-state index is 5.19. The van der Waals surface area contributed by atoms with E-state index in [0.717, 1.165) is 0 Å². The maximum atomic E-state index is 5.19. The van der Waals surface area contributed by atoms with E-state index >= 15 is 0 Å².